The van der Waals surface area contributed by atoms with Crippen LogP contribution in [0.15, 0.2) is 30.7 Å². The van der Waals surface area contributed by atoms with Gasteiger partial charge in [-0.3, -0.25) is 4.90 Å². The summed E-state index contributed by atoms with van der Waals surface area (Å²) in [6, 6.07) is 5.84. The normalized spacial score (nSPS) is 14.4. The zero-order valence-electron chi connectivity index (χ0n) is 17.7. The second kappa shape index (κ2) is 10.2. The van der Waals surface area contributed by atoms with Gasteiger partial charge in [0.15, 0.2) is 11.5 Å². The molecule has 29 heavy (non-hydrogen) atoms. The molecule has 2 amide bonds. The molecule has 1 aromatic heterocycles. The summed E-state index contributed by atoms with van der Waals surface area (Å²) in [7, 11) is 3.23. The number of imidazole rings is 1. The highest BCUT2D eigenvalue weighted by molar-refractivity contribution is 5.93. The van der Waals surface area contributed by atoms with Gasteiger partial charge in [0.2, 0.25) is 0 Å². The zero-order chi connectivity index (χ0) is 20.6. The predicted octanol–water partition coefficient (Wildman–Crippen LogP) is 4.15. The van der Waals surface area contributed by atoms with Gasteiger partial charge in [0.25, 0.3) is 0 Å². The molecule has 0 saturated heterocycles. The molecular formula is C22H32N4O3. The first kappa shape index (κ1) is 21.0. The number of amides is 2. The lowest BCUT2D eigenvalue weighted by Crippen LogP contribution is -2.47. The van der Waals surface area contributed by atoms with Crippen molar-refractivity contribution in [1.82, 2.24) is 14.9 Å². The van der Waals surface area contributed by atoms with Crippen LogP contribution in [0.5, 0.6) is 11.5 Å². The second-order valence-corrected chi connectivity index (χ2v) is 7.52. The maximum absolute atomic E-state index is 13.1. The number of hydrogen-bond acceptors (Lipinski definition) is 4. The van der Waals surface area contributed by atoms with Gasteiger partial charge in [-0.1, -0.05) is 19.3 Å². The standard InChI is InChI=1S/C22H32N4O3/c1-17-15-23-16-25(17)13-7-12-24-22(27)26(18-8-5-4-6-9-18)19-10-11-20(28-2)21(14-19)29-3/h10-11,14-16,18H,4-9,12-13H2,1-3H3,(H,24,27). The molecule has 1 N–H and O–H groups in total. The maximum Gasteiger partial charge on any atom is 0.322 e. The highest BCUT2D eigenvalue weighted by Crippen LogP contribution is 2.34. The van der Waals surface area contributed by atoms with Crippen LogP contribution in [-0.4, -0.2) is 42.4 Å². The molecule has 158 valence electrons. The number of aromatic nitrogens is 2. The number of nitrogens with zero attached hydrogens (tertiary/aromatic N) is 3. The third-order valence-corrected chi connectivity index (χ3v) is 5.58. The lowest BCUT2D eigenvalue weighted by atomic mass is 9.94. The Morgan fingerprint density at radius 3 is 2.62 bits per heavy atom. The zero-order valence-corrected chi connectivity index (χ0v) is 17.7. The van der Waals surface area contributed by atoms with Crippen molar-refractivity contribution in [2.75, 3.05) is 25.7 Å². The van der Waals surface area contributed by atoms with Crippen LogP contribution in [0.2, 0.25) is 0 Å². The van der Waals surface area contributed by atoms with Crippen molar-refractivity contribution in [2.24, 2.45) is 0 Å². The van der Waals surface area contributed by atoms with E-state index in [1.54, 1.807) is 14.2 Å². The van der Waals surface area contributed by atoms with Crippen LogP contribution in [0.3, 0.4) is 0 Å². The van der Waals surface area contributed by atoms with Crippen LogP contribution in [0, 0.1) is 6.92 Å². The molecule has 3 rings (SSSR count). The van der Waals surface area contributed by atoms with E-state index in [0.29, 0.717) is 18.0 Å². The van der Waals surface area contributed by atoms with Crippen LogP contribution >= 0.6 is 0 Å². The molecule has 1 aromatic carbocycles. The third-order valence-electron chi connectivity index (χ3n) is 5.58. The van der Waals surface area contributed by atoms with Crippen molar-refractivity contribution in [3.63, 3.8) is 0 Å². The summed E-state index contributed by atoms with van der Waals surface area (Å²) in [6.45, 7) is 3.49. The molecule has 0 radical (unpaired) electrons. The number of ether oxygens (including phenoxy) is 2. The van der Waals surface area contributed by atoms with E-state index in [4.69, 9.17) is 9.47 Å². The van der Waals surface area contributed by atoms with Gasteiger partial charge >= 0.3 is 6.03 Å². The van der Waals surface area contributed by atoms with Crippen LogP contribution in [0.4, 0.5) is 10.5 Å². The van der Waals surface area contributed by atoms with E-state index in [-0.39, 0.29) is 12.1 Å². The van der Waals surface area contributed by atoms with E-state index in [9.17, 15) is 4.79 Å². The van der Waals surface area contributed by atoms with Crippen LogP contribution in [0.25, 0.3) is 0 Å². The number of anilines is 1. The molecule has 1 aliphatic rings. The van der Waals surface area contributed by atoms with Crippen molar-refractivity contribution >= 4 is 11.7 Å². The Kier molecular flexibility index (Phi) is 7.38. The van der Waals surface area contributed by atoms with Crippen molar-refractivity contribution in [1.29, 1.82) is 0 Å². The number of nitrogens with one attached hydrogen (secondary N) is 1. The van der Waals surface area contributed by atoms with Crippen molar-refractivity contribution in [2.45, 2.75) is 58.0 Å². The smallest absolute Gasteiger partial charge is 0.322 e. The van der Waals surface area contributed by atoms with E-state index < -0.39 is 0 Å². The molecule has 1 saturated carbocycles. The fourth-order valence-corrected chi connectivity index (χ4v) is 3.96. The second-order valence-electron chi connectivity index (χ2n) is 7.52. The fourth-order valence-electron chi connectivity index (χ4n) is 3.96. The Morgan fingerprint density at radius 2 is 1.97 bits per heavy atom. The quantitative estimate of drug-likeness (QED) is 0.676. The first-order valence-corrected chi connectivity index (χ1v) is 10.4. The number of benzene rings is 1. The summed E-state index contributed by atoms with van der Waals surface area (Å²) in [5.74, 6) is 1.30. The Labute approximate surface area is 173 Å². The molecular weight excluding hydrogens is 368 g/mol. The van der Waals surface area contributed by atoms with Crippen molar-refractivity contribution in [3.05, 3.63) is 36.4 Å². The molecule has 2 aromatic rings. The average molecular weight is 401 g/mol. The largest absolute Gasteiger partial charge is 0.493 e. The Bertz CT molecular complexity index is 799. The minimum absolute atomic E-state index is 0.0496. The number of methoxy groups -OCH3 is 2. The van der Waals surface area contributed by atoms with Crippen LogP contribution in [-0.2, 0) is 6.54 Å². The Morgan fingerprint density at radius 1 is 1.21 bits per heavy atom. The molecule has 1 fully saturated rings. The van der Waals surface area contributed by atoms with Crippen molar-refractivity contribution in [3.8, 4) is 11.5 Å². The lowest BCUT2D eigenvalue weighted by Gasteiger charge is -2.34. The maximum atomic E-state index is 13.1. The lowest BCUT2D eigenvalue weighted by molar-refractivity contribution is 0.241. The van der Waals surface area contributed by atoms with Gasteiger partial charge in [0.1, 0.15) is 0 Å². The Hall–Kier alpha value is -2.70. The molecule has 7 nitrogen and oxygen atoms in total. The minimum atomic E-state index is -0.0496. The molecule has 0 aliphatic heterocycles. The van der Waals surface area contributed by atoms with Gasteiger partial charge in [0.05, 0.1) is 20.5 Å². The summed E-state index contributed by atoms with van der Waals surface area (Å²) in [4.78, 5) is 19.2. The van der Waals surface area contributed by atoms with E-state index in [2.05, 4.69) is 14.9 Å². The van der Waals surface area contributed by atoms with Gasteiger partial charge in [-0.25, -0.2) is 9.78 Å². The van der Waals surface area contributed by atoms with E-state index in [0.717, 1.165) is 50.0 Å². The summed E-state index contributed by atoms with van der Waals surface area (Å²) < 4.78 is 12.9. The summed E-state index contributed by atoms with van der Waals surface area (Å²) in [5, 5.41) is 3.11. The highest BCUT2D eigenvalue weighted by Gasteiger charge is 2.27. The van der Waals surface area contributed by atoms with Crippen molar-refractivity contribution < 1.29 is 14.3 Å². The average Bonchev–Trinajstić information content (AvgIpc) is 3.16. The summed E-state index contributed by atoms with van der Waals surface area (Å²) in [6.07, 6.45) is 10.1. The molecule has 1 aliphatic carbocycles. The van der Waals surface area contributed by atoms with Gasteiger partial charge in [-0.05, 0) is 38.3 Å². The number of carbonyl (C=O) groups excluding carboxylic acids is 1. The predicted molar refractivity (Wildman–Crippen MR) is 114 cm³/mol. The first-order valence-electron chi connectivity index (χ1n) is 10.4. The molecule has 0 atom stereocenters. The van der Waals surface area contributed by atoms with Gasteiger partial charge in [-0.2, -0.15) is 0 Å². The third kappa shape index (κ3) is 5.22. The molecule has 0 unspecified atom stereocenters. The molecule has 0 spiro atoms. The molecule has 7 heteroatoms. The minimum Gasteiger partial charge on any atom is -0.493 e. The number of carbonyl (C=O) groups is 1. The van der Waals surface area contributed by atoms with Gasteiger partial charge in [0, 0.05) is 42.8 Å². The van der Waals surface area contributed by atoms with Gasteiger partial charge in [-0.15, -0.1) is 0 Å². The van der Waals surface area contributed by atoms with E-state index in [1.807, 2.05) is 42.5 Å². The summed E-state index contributed by atoms with van der Waals surface area (Å²) >= 11 is 0. The topological polar surface area (TPSA) is 68.6 Å². The SMILES string of the molecule is COc1ccc(N(C(=O)NCCCn2cncc2C)C2CCCCC2)cc1OC. The highest BCUT2D eigenvalue weighted by atomic mass is 16.5. The van der Waals surface area contributed by atoms with E-state index in [1.165, 1.54) is 6.42 Å². The Balaban J connectivity index is 1.69. The number of hydrogen-bond donors (Lipinski definition) is 1. The van der Waals surface area contributed by atoms with Crippen LogP contribution in [0.1, 0.15) is 44.2 Å². The number of rotatable bonds is 8. The van der Waals surface area contributed by atoms with Gasteiger partial charge < -0.3 is 19.4 Å². The van der Waals surface area contributed by atoms with E-state index >= 15 is 0 Å². The molecule has 0 bridgehead atoms. The van der Waals surface area contributed by atoms with Crippen LogP contribution < -0.4 is 19.7 Å². The first-order chi connectivity index (χ1) is 14.1. The number of aryl methyl sites for hydroxylation is 2. The summed E-state index contributed by atoms with van der Waals surface area (Å²) in [5.41, 5.74) is 1.97. The number of urea groups is 1. The molecule has 1 heterocycles. The monoisotopic (exact) mass is 400 g/mol. The fraction of sp³-hybridized carbons (Fsp3) is 0.545.